The molecule has 1 heterocycles. The van der Waals surface area contributed by atoms with Crippen molar-refractivity contribution in [3.63, 3.8) is 0 Å². The van der Waals surface area contributed by atoms with Crippen molar-refractivity contribution in [1.82, 2.24) is 4.72 Å². The maximum atomic E-state index is 12.1. The van der Waals surface area contributed by atoms with Crippen LogP contribution in [-0.2, 0) is 14.8 Å². The molecule has 1 unspecified atom stereocenters. The van der Waals surface area contributed by atoms with Gasteiger partial charge in [-0.25, -0.2) is 13.1 Å². The Morgan fingerprint density at radius 3 is 2.41 bits per heavy atom. The average molecular weight is 265 g/mol. The third-order valence-corrected chi connectivity index (χ3v) is 5.15. The van der Waals surface area contributed by atoms with E-state index in [4.69, 9.17) is 9.84 Å². The molecule has 0 bridgehead atoms. The van der Waals surface area contributed by atoms with Crippen LogP contribution in [0.4, 0.5) is 0 Å². The van der Waals surface area contributed by atoms with E-state index in [0.717, 1.165) is 0 Å². The predicted octanol–water partition coefficient (Wildman–Crippen LogP) is 0.492. The Kier molecular flexibility index (Phi) is 5.85. The molecular weight excluding hydrogens is 242 g/mol. The first-order chi connectivity index (χ1) is 7.97. The van der Waals surface area contributed by atoms with Crippen LogP contribution in [0, 0.1) is 5.92 Å². The van der Waals surface area contributed by atoms with E-state index in [9.17, 15) is 8.42 Å². The Morgan fingerprint density at radius 1 is 1.35 bits per heavy atom. The lowest BCUT2D eigenvalue weighted by Crippen LogP contribution is -2.45. The average Bonchev–Trinajstić information content (AvgIpc) is 2.29. The minimum Gasteiger partial charge on any atom is -0.396 e. The largest absolute Gasteiger partial charge is 0.396 e. The van der Waals surface area contributed by atoms with Crippen LogP contribution in [-0.4, -0.2) is 44.6 Å². The molecule has 0 aliphatic carbocycles. The quantitative estimate of drug-likeness (QED) is 0.733. The number of aliphatic hydroxyl groups is 1. The van der Waals surface area contributed by atoms with E-state index in [1.807, 2.05) is 13.8 Å². The van der Waals surface area contributed by atoms with Crippen LogP contribution < -0.4 is 4.72 Å². The summed E-state index contributed by atoms with van der Waals surface area (Å²) in [5.74, 6) is 0.178. The summed E-state index contributed by atoms with van der Waals surface area (Å²) < 4.78 is 32.1. The molecule has 1 rings (SSSR count). The Labute approximate surface area is 104 Å². The summed E-state index contributed by atoms with van der Waals surface area (Å²) in [7, 11) is -3.29. The topological polar surface area (TPSA) is 75.6 Å². The van der Waals surface area contributed by atoms with Crippen LogP contribution in [0.3, 0.4) is 0 Å². The zero-order valence-electron chi connectivity index (χ0n) is 10.6. The molecule has 1 aliphatic heterocycles. The number of ether oxygens (including phenoxy) is 1. The molecule has 0 aromatic carbocycles. The van der Waals surface area contributed by atoms with E-state index < -0.39 is 10.0 Å². The van der Waals surface area contributed by atoms with Crippen LogP contribution in [0.25, 0.3) is 0 Å². The smallest absolute Gasteiger partial charge is 0.214 e. The number of hydrogen-bond acceptors (Lipinski definition) is 4. The minimum absolute atomic E-state index is 0.000849. The molecule has 1 saturated heterocycles. The second-order valence-corrected chi connectivity index (χ2v) is 6.83. The monoisotopic (exact) mass is 265 g/mol. The number of nitrogens with one attached hydrogen (secondary N) is 1. The van der Waals surface area contributed by atoms with Crippen molar-refractivity contribution < 1.29 is 18.3 Å². The molecule has 2 N–H and O–H groups in total. The molecule has 0 radical (unpaired) electrons. The van der Waals surface area contributed by atoms with Crippen LogP contribution in [0.2, 0.25) is 0 Å². The van der Waals surface area contributed by atoms with E-state index in [1.54, 1.807) is 0 Å². The van der Waals surface area contributed by atoms with Gasteiger partial charge in [-0.05, 0) is 25.2 Å². The predicted molar refractivity (Wildman–Crippen MR) is 66.2 cm³/mol. The molecular formula is C11H23NO4S. The number of hydrogen-bond donors (Lipinski definition) is 2. The zero-order chi connectivity index (χ0) is 12.9. The van der Waals surface area contributed by atoms with Gasteiger partial charge in [-0.2, -0.15) is 0 Å². The Balaban J connectivity index is 2.62. The van der Waals surface area contributed by atoms with Crippen molar-refractivity contribution in [2.75, 3.05) is 19.8 Å². The van der Waals surface area contributed by atoms with E-state index in [0.29, 0.717) is 32.5 Å². The van der Waals surface area contributed by atoms with Crippen LogP contribution in [0.5, 0.6) is 0 Å². The maximum Gasteiger partial charge on any atom is 0.214 e. The van der Waals surface area contributed by atoms with E-state index >= 15 is 0 Å². The highest BCUT2D eigenvalue weighted by atomic mass is 32.2. The third kappa shape index (κ3) is 4.54. The van der Waals surface area contributed by atoms with Gasteiger partial charge in [-0.1, -0.05) is 13.8 Å². The lowest BCUT2D eigenvalue weighted by molar-refractivity contribution is 0.0979. The summed E-state index contributed by atoms with van der Waals surface area (Å²) in [6.45, 7) is 4.93. The van der Waals surface area contributed by atoms with Crippen LogP contribution >= 0.6 is 0 Å². The fourth-order valence-electron chi connectivity index (χ4n) is 1.96. The SMILES string of the molecule is CC(C)C(CCO)NS(=O)(=O)C1CCOCC1. The standard InChI is InChI=1S/C11H23NO4S/c1-9(2)11(3-6-13)12-17(14,15)10-4-7-16-8-5-10/h9-13H,3-8H2,1-2H3. The molecule has 1 aliphatic rings. The van der Waals surface area contributed by atoms with Crippen molar-refractivity contribution >= 4 is 10.0 Å². The van der Waals surface area contributed by atoms with Crippen LogP contribution in [0.1, 0.15) is 33.1 Å². The van der Waals surface area contributed by atoms with Gasteiger partial charge in [0.15, 0.2) is 0 Å². The first kappa shape index (κ1) is 14.9. The van der Waals surface area contributed by atoms with Gasteiger partial charge in [0.2, 0.25) is 10.0 Å². The number of rotatable bonds is 6. The molecule has 0 amide bonds. The Morgan fingerprint density at radius 2 is 1.94 bits per heavy atom. The lowest BCUT2D eigenvalue weighted by atomic mass is 10.0. The number of sulfonamides is 1. The Hall–Kier alpha value is -0.170. The molecule has 17 heavy (non-hydrogen) atoms. The summed E-state index contributed by atoms with van der Waals surface area (Å²) in [6.07, 6.45) is 1.57. The first-order valence-electron chi connectivity index (χ1n) is 6.17. The van der Waals surface area contributed by atoms with E-state index in [-0.39, 0.29) is 23.8 Å². The summed E-state index contributed by atoms with van der Waals surface area (Å²) in [5, 5.41) is 8.59. The van der Waals surface area contributed by atoms with Crippen molar-refractivity contribution in [3.05, 3.63) is 0 Å². The molecule has 6 heteroatoms. The van der Waals surface area contributed by atoms with Gasteiger partial charge in [0.1, 0.15) is 0 Å². The minimum atomic E-state index is -3.29. The van der Waals surface area contributed by atoms with E-state index in [1.165, 1.54) is 0 Å². The normalized spacial score (nSPS) is 20.7. The highest BCUT2D eigenvalue weighted by Crippen LogP contribution is 2.17. The highest BCUT2D eigenvalue weighted by Gasteiger charge is 2.30. The summed E-state index contributed by atoms with van der Waals surface area (Å²) in [6, 6.07) is -0.187. The second-order valence-electron chi connectivity index (χ2n) is 4.84. The van der Waals surface area contributed by atoms with Gasteiger partial charge in [0.05, 0.1) is 5.25 Å². The Bertz CT molecular complexity index is 309. The van der Waals surface area contributed by atoms with Crippen molar-refractivity contribution in [2.24, 2.45) is 5.92 Å². The summed E-state index contributed by atoms with van der Waals surface area (Å²) in [4.78, 5) is 0. The summed E-state index contributed by atoms with van der Waals surface area (Å²) in [5.41, 5.74) is 0. The molecule has 1 fully saturated rings. The maximum absolute atomic E-state index is 12.1. The van der Waals surface area contributed by atoms with Crippen molar-refractivity contribution in [2.45, 2.75) is 44.4 Å². The third-order valence-electron chi connectivity index (χ3n) is 3.17. The lowest BCUT2D eigenvalue weighted by Gasteiger charge is -2.27. The molecule has 102 valence electrons. The van der Waals surface area contributed by atoms with Gasteiger partial charge < -0.3 is 9.84 Å². The van der Waals surface area contributed by atoms with Gasteiger partial charge >= 0.3 is 0 Å². The molecule has 5 nitrogen and oxygen atoms in total. The molecule has 0 aromatic rings. The van der Waals surface area contributed by atoms with Crippen LogP contribution in [0.15, 0.2) is 0 Å². The zero-order valence-corrected chi connectivity index (χ0v) is 11.4. The van der Waals surface area contributed by atoms with Gasteiger partial charge in [0, 0.05) is 25.9 Å². The van der Waals surface area contributed by atoms with Gasteiger partial charge in [-0.3, -0.25) is 0 Å². The molecule has 0 spiro atoms. The molecule has 0 aromatic heterocycles. The van der Waals surface area contributed by atoms with Gasteiger partial charge in [0.25, 0.3) is 0 Å². The molecule has 1 atom stereocenters. The first-order valence-corrected chi connectivity index (χ1v) is 7.71. The van der Waals surface area contributed by atoms with Gasteiger partial charge in [-0.15, -0.1) is 0 Å². The van der Waals surface area contributed by atoms with E-state index in [2.05, 4.69) is 4.72 Å². The fourth-order valence-corrected chi connectivity index (χ4v) is 3.78. The fraction of sp³-hybridized carbons (Fsp3) is 1.00. The molecule has 0 saturated carbocycles. The summed E-state index contributed by atoms with van der Waals surface area (Å²) >= 11 is 0. The number of aliphatic hydroxyl groups excluding tert-OH is 1. The van der Waals surface area contributed by atoms with Crippen molar-refractivity contribution in [3.8, 4) is 0 Å². The second kappa shape index (κ2) is 6.68. The highest BCUT2D eigenvalue weighted by molar-refractivity contribution is 7.90. The van der Waals surface area contributed by atoms with Crippen molar-refractivity contribution in [1.29, 1.82) is 0 Å².